The van der Waals surface area contributed by atoms with Crippen LogP contribution in [0.1, 0.15) is 19.4 Å². The summed E-state index contributed by atoms with van der Waals surface area (Å²) in [5, 5.41) is 0. The van der Waals surface area contributed by atoms with E-state index in [2.05, 4.69) is 0 Å². The second-order valence-electron chi connectivity index (χ2n) is 3.76. The minimum atomic E-state index is -0.452. The summed E-state index contributed by atoms with van der Waals surface area (Å²) < 4.78 is 5.12. The van der Waals surface area contributed by atoms with E-state index < -0.39 is 6.09 Å². The Hall–Kier alpha value is -1.84. The molecule has 0 N–H and O–H groups in total. The van der Waals surface area contributed by atoms with Crippen LogP contribution >= 0.6 is 0 Å². The van der Waals surface area contributed by atoms with Crippen molar-refractivity contribution in [2.45, 2.75) is 20.5 Å². The van der Waals surface area contributed by atoms with Gasteiger partial charge in [-0.3, -0.25) is 4.79 Å². The zero-order valence-electron chi connectivity index (χ0n) is 10.2. The van der Waals surface area contributed by atoms with E-state index in [1.54, 1.807) is 0 Å². The predicted molar refractivity (Wildman–Crippen MR) is 64.6 cm³/mol. The monoisotopic (exact) mass is 235 g/mol. The van der Waals surface area contributed by atoms with Gasteiger partial charge in [0, 0.05) is 6.54 Å². The summed E-state index contributed by atoms with van der Waals surface area (Å²) in [6, 6.07) is 9.44. The van der Waals surface area contributed by atoms with Crippen LogP contribution in [0.5, 0.6) is 0 Å². The van der Waals surface area contributed by atoms with E-state index in [9.17, 15) is 9.59 Å². The Labute approximate surface area is 101 Å². The van der Waals surface area contributed by atoms with Crippen molar-refractivity contribution >= 4 is 11.9 Å². The SMILES string of the molecule is CCN(CC(C)=O)C(=O)OCc1ccccc1. The maximum atomic E-state index is 11.6. The van der Waals surface area contributed by atoms with Crippen LogP contribution in [-0.4, -0.2) is 29.9 Å². The molecule has 1 rings (SSSR count). The van der Waals surface area contributed by atoms with E-state index in [-0.39, 0.29) is 18.9 Å². The molecule has 0 heterocycles. The van der Waals surface area contributed by atoms with Gasteiger partial charge in [-0.1, -0.05) is 30.3 Å². The lowest BCUT2D eigenvalue weighted by Crippen LogP contribution is -2.35. The smallest absolute Gasteiger partial charge is 0.410 e. The largest absolute Gasteiger partial charge is 0.445 e. The molecule has 4 heteroatoms. The molecule has 0 atom stereocenters. The third kappa shape index (κ3) is 4.68. The van der Waals surface area contributed by atoms with Crippen molar-refractivity contribution in [3.8, 4) is 0 Å². The first-order valence-electron chi connectivity index (χ1n) is 5.58. The lowest BCUT2D eigenvalue weighted by Gasteiger charge is -2.18. The third-order valence-electron chi connectivity index (χ3n) is 2.26. The van der Waals surface area contributed by atoms with Gasteiger partial charge in [-0.05, 0) is 19.4 Å². The van der Waals surface area contributed by atoms with Gasteiger partial charge in [0.15, 0.2) is 0 Å². The molecular formula is C13H17NO3. The van der Waals surface area contributed by atoms with Crippen molar-refractivity contribution < 1.29 is 14.3 Å². The number of ether oxygens (including phenoxy) is 1. The number of Topliss-reactive ketones (excluding diaryl/α,β-unsaturated/α-hetero) is 1. The molecule has 92 valence electrons. The van der Waals surface area contributed by atoms with E-state index in [0.29, 0.717) is 6.54 Å². The van der Waals surface area contributed by atoms with Gasteiger partial charge in [0.05, 0.1) is 6.54 Å². The van der Waals surface area contributed by atoms with Crippen LogP contribution in [0.15, 0.2) is 30.3 Å². The maximum absolute atomic E-state index is 11.6. The molecule has 0 fully saturated rings. The van der Waals surface area contributed by atoms with Crippen molar-refractivity contribution in [1.82, 2.24) is 4.90 Å². The Balaban J connectivity index is 2.45. The Kier molecular flexibility index (Phi) is 5.20. The van der Waals surface area contributed by atoms with Crippen molar-refractivity contribution in [1.29, 1.82) is 0 Å². The zero-order valence-corrected chi connectivity index (χ0v) is 10.2. The number of hydrogen-bond donors (Lipinski definition) is 0. The minimum Gasteiger partial charge on any atom is -0.445 e. The van der Waals surface area contributed by atoms with Gasteiger partial charge >= 0.3 is 6.09 Å². The molecule has 1 amide bonds. The summed E-state index contributed by atoms with van der Waals surface area (Å²) in [6.45, 7) is 4.06. The van der Waals surface area contributed by atoms with Gasteiger partial charge in [-0.15, -0.1) is 0 Å². The molecule has 17 heavy (non-hydrogen) atoms. The summed E-state index contributed by atoms with van der Waals surface area (Å²) in [4.78, 5) is 24.0. The molecule has 0 saturated carbocycles. The standard InChI is InChI=1S/C13H17NO3/c1-3-14(9-11(2)15)13(16)17-10-12-7-5-4-6-8-12/h4-8H,3,9-10H2,1-2H3. The lowest BCUT2D eigenvalue weighted by atomic mass is 10.2. The van der Waals surface area contributed by atoms with Gasteiger partial charge in [-0.2, -0.15) is 0 Å². The molecule has 0 aliphatic carbocycles. The Morgan fingerprint density at radius 2 is 1.88 bits per heavy atom. The van der Waals surface area contributed by atoms with E-state index in [1.165, 1.54) is 11.8 Å². The number of carbonyl (C=O) groups excluding carboxylic acids is 2. The molecule has 0 saturated heterocycles. The van der Waals surface area contributed by atoms with Crippen LogP contribution < -0.4 is 0 Å². The number of hydrogen-bond acceptors (Lipinski definition) is 3. The van der Waals surface area contributed by atoms with E-state index in [4.69, 9.17) is 4.74 Å². The highest BCUT2D eigenvalue weighted by Crippen LogP contribution is 2.03. The fourth-order valence-electron chi connectivity index (χ4n) is 1.38. The Morgan fingerprint density at radius 3 is 2.41 bits per heavy atom. The highest BCUT2D eigenvalue weighted by molar-refractivity contribution is 5.81. The first kappa shape index (κ1) is 13.2. The normalized spacial score (nSPS) is 9.76. The molecule has 0 bridgehead atoms. The number of rotatable bonds is 5. The first-order chi connectivity index (χ1) is 8.13. The summed E-state index contributed by atoms with van der Waals surface area (Å²) in [5.41, 5.74) is 0.930. The molecule has 4 nitrogen and oxygen atoms in total. The van der Waals surface area contributed by atoms with Crippen molar-refractivity contribution in [2.75, 3.05) is 13.1 Å². The number of ketones is 1. The summed E-state index contributed by atoms with van der Waals surface area (Å²) >= 11 is 0. The number of amides is 1. The van der Waals surface area contributed by atoms with Crippen molar-refractivity contribution in [3.05, 3.63) is 35.9 Å². The van der Waals surface area contributed by atoms with E-state index in [1.807, 2.05) is 37.3 Å². The summed E-state index contributed by atoms with van der Waals surface area (Å²) in [6.07, 6.45) is -0.452. The van der Waals surface area contributed by atoms with Crippen LogP contribution in [0.4, 0.5) is 4.79 Å². The molecular weight excluding hydrogens is 218 g/mol. The Morgan fingerprint density at radius 1 is 1.24 bits per heavy atom. The molecule has 0 aliphatic rings. The first-order valence-corrected chi connectivity index (χ1v) is 5.58. The van der Waals surface area contributed by atoms with Crippen LogP contribution in [0.2, 0.25) is 0 Å². The average molecular weight is 235 g/mol. The minimum absolute atomic E-state index is 0.0523. The van der Waals surface area contributed by atoms with Crippen molar-refractivity contribution in [3.63, 3.8) is 0 Å². The van der Waals surface area contributed by atoms with Crippen LogP contribution in [0.3, 0.4) is 0 Å². The summed E-state index contributed by atoms with van der Waals surface area (Å²) in [5.74, 6) is -0.0523. The molecule has 0 aliphatic heterocycles. The van der Waals surface area contributed by atoms with Gasteiger partial charge in [0.25, 0.3) is 0 Å². The van der Waals surface area contributed by atoms with Gasteiger partial charge in [-0.25, -0.2) is 4.79 Å². The van der Waals surface area contributed by atoms with Crippen LogP contribution in [0.25, 0.3) is 0 Å². The van der Waals surface area contributed by atoms with E-state index in [0.717, 1.165) is 5.56 Å². The highest BCUT2D eigenvalue weighted by atomic mass is 16.6. The van der Waals surface area contributed by atoms with E-state index >= 15 is 0 Å². The second kappa shape index (κ2) is 6.68. The van der Waals surface area contributed by atoms with Crippen LogP contribution in [-0.2, 0) is 16.1 Å². The molecule has 0 aromatic heterocycles. The third-order valence-corrected chi connectivity index (χ3v) is 2.26. The fraction of sp³-hybridized carbons (Fsp3) is 0.385. The average Bonchev–Trinajstić information content (AvgIpc) is 2.34. The molecule has 0 unspecified atom stereocenters. The molecule has 0 radical (unpaired) electrons. The van der Waals surface area contributed by atoms with Crippen molar-refractivity contribution in [2.24, 2.45) is 0 Å². The van der Waals surface area contributed by atoms with Crippen LogP contribution in [0, 0.1) is 0 Å². The maximum Gasteiger partial charge on any atom is 0.410 e. The highest BCUT2D eigenvalue weighted by Gasteiger charge is 2.14. The zero-order chi connectivity index (χ0) is 12.7. The fourth-order valence-corrected chi connectivity index (χ4v) is 1.38. The molecule has 0 spiro atoms. The van der Waals surface area contributed by atoms with Gasteiger partial charge in [0.1, 0.15) is 12.4 Å². The van der Waals surface area contributed by atoms with Gasteiger partial charge in [0.2, 0.25) is 0 Å². The second-order valence-corrected chi connectivity index (χ2v) is 3.76. The number of carbonyl (C=O) groups is 2. The predicted octanol–water partition coefficient (Wildman–Crippen LogP) is 2.23. The number of likely N-dealkylation sites (N-methyl/N-ethyl adjacent to an activating group) is 1. The lowest BCUT2D eigenvalue weighted by molar-refractivity contribution is -0.117. The molecule has 1 aromatic rings. The summed E-state index contributed by atoms with van der Waals surface area (Å²) in [7, 11) is 0. The number of benzene rings is 1. The number of nitrogens with zero attached hydrogens (tertiary/aromatic N) is 1. The molecule has 1 aromatic carbocycles. The Bertz CT molecular complexity index is 376. The topological polar surface area (TPSA) is 46.6 Å². The van der Waals surface area contributed by atoms with Gasteiger partial charge < -0.3 is 9.64 Å². The quantitative estimate of drug-likeness (QED) is 0.786.